The molecule has 1 aliphatic carbocycles. The zero-order valence-corrected chi connectivity index (χ0v) is 7.99. The first-order valence-electron chi connectivity index (χ1n) is 4.32. The van der Waals surface area contributed by atoms with Gasteiger partial charge in [0.1, 0.15) is 0 Å². The summed E-state index contributed by atoms with van der Waals surface area (Å²) in [5, 5.41) is 9.06. The van der Waals surface area contributed by atoms with Gasteiger partial charge in [-0.25, -0.2) is 0 Å². The predicted octanol–water partition coefficient (Wildman–Crippen LogP) is 1.04. The van der Waals surface area contributed by atoms with Gasteiger partial charge in [0.05, 0.1) is 6.61 Å². The molecule has 0 aromatic carbocycles. The Hall–Kier alpha value is -0.600. The Morgan fingerprint density at radius 1 is 1.58 bits per heavy atom. The molecular formula is C10H17NO. The molecule has 0 saturated carbocycles. The number of hydrogen-bond acceptors (Lipinski definition) is 2. The van der Waals surface area contributed by atoms with Crippen molar-refractivity contribution in [3.63, 3.8) is 0 Å². The number of nitrogens with zero attached hydrogens (tertiary/aromatic N) is 1. The van der Waals surface area contributed by atoms with Crippen molar-refractivity contribution in [1.29, 1.82) is 0 Å². The van der Waals surface area contributed by atoms with Crippen LogP contribution < -0.4 is 0 Å². The standard InChI is InChI=1S/C10H17NO/c1-8(11(2)3)10-6-4-5-9(10)7-12/h4-6,8-9,12H,7H2,1-3H3/t8-,9?/m1/s1. The summed E-state index contributed by atoms with van der Waals surface area (Å²) in [6.45, 7) is 2.38. The maximum atomic E-state index is 9.06. The maximum Gasteiger partial charge on any atom is 0.0532 e. The van der Waals surface area contributed by atoms with Gasteiger partial charge in [0.15, 0.2) is 0 Å². The summed E-state index contributed by atoms with van der Waals surface area (Å²) >= 11 is 0. The van der Waals surface area contributed by atoms with Crippen molar-refractivity contribution in [1.82, 2.24) is 4.90 Å². The van der Waals surface area contributed by atoms with Gasteiger partial charge in [-0.15, -0.1) is 0 Å². The highest BCUT2D eigenvalue weighted by Gasteiger charge is 2.20. The molecular weight excluding hydrogens is 150 g/mol. The van der Waals surface area contributed by atoms with Crippen LogP contribution in [0.2, 0.25) is 0 Å². The summed E-state index contributed by atoms with van der Waals surface area (Å²) in [6, 6.07) is 0.414. The maximum absolute atomic E-state index is 9.06. The molecule has 0 aromatic rings. The van der Waals surface area contributed by atoms with Crippen LogP contribution >= 0.6 is 0 Å². The molecule has 2 heteroatoms. The van der Waals surface area contributed by atoms with Crippen LogP contribution in [0.15, 0.2) is 23.8 Å². The Kier molecular flexibility index (Phi) is 3.06. The van der Waals surface area contributed by atoms with Gasteiger partial charge in [-0.3, -0.25) is 0 Å². The Bertz CT molecular complexity index is 206. The van der Waals surface area contributed by atoms with Gasteiger partial charge in [-0.2, -0.15) is 0 Å². The molecule has 0 radical (unpaired) electrons. The Labute approximate surface area is 74.2 Å². The monoisotopic (exact) mass is 167 g/mol. The van der Waals surface area contributed by atoms with Crippen LogP contribution in [0.1, 0.15) is 6.92 Å². The van der Waals surface area contributed by atoms with Crippen molar-refractivity contribution in [2.75, 3.05) is 20.7 Å². The number of hydrogen-bond donors (Lipinski definition) is 1. The van der Waals surface area contributed by atoms with Gasteiger partial charge >= 0.3 is 0 Å². The Balaban J connectivity index is 2.64. The van der Waals surface area contributed by atoms with Crippen LogP contribution in [0.3, 0.4) is 0 Å². The smallest absolute Gasteiger partial charge is 0.0532 e. The highest BCUT2D eigenvalue weighted by Crippen LogP contribution is 2.23. The molecule has 1 aliphatic rings. The second-order valence-corrected chi connectivity index (χ2v) is 3.48. The molecule has 0 fully saturated rings. The van der Waals surface area contributed by atoms with E-state index in [2.05, 4.69) is 38.1 Å². The first-order valence-corrected chi connectivity index (χ1v) is 4.32. The van der Waals surface area contributed by atoms with Crippen LogP contribution in [0, 0.1) is 5.92 Å². The first-order chi connectivity index (χ1) is 5.66. The number of aliphatic hydroxyl groups excluding tert-OH is 1. The summed E-state index contributed by atoms with van der Waals surface area (Å²) in [7, 11) is 4.11. The summed E-state index contributed by atoms with van der Waals surface area (Å²) in [5.41, 5.74) is 1.31. The quantitative estimate of drug-likeness (QED) is 0.679. The van der Waals surface area contributed by atoms with E-state index < -0.39 is 0 Å². The Morgan fingerprint density at radius 2 is 2.25 bits per heavy atom. The third-order valence-electron chi connectivity index (χ3n) is 2.51. The molecule has 1 rings (SSSR count). The van der Waals surface area contributed by atoms with E-state index in [0.717, 1.165) is 0 Å². The van der Waals surface area contributed by atoms with E-state index in [-0.39, 0.29) is 12.5 Å². The third kappa shape index (κ3) is 1.76. The minimum Gasteiger partial charge on any atom is -0.395 e. The zero-order valence-electron chi connectivity index (χ0n) is 7.99. The number of allylic oxidation sites excluding steroid dienone is 2. The highest BCUT2D eigenvalue weighted by molar-refractivity contribution is 5.30. The van der Waals surface area contributed by atoms with Crippen LogP contribution in [-0.2, 0) is 0 Å². The largest absolute Gasteiger partial charge is 0.395 e. The summed E-state index contributed by atoms with van der Waals surface area (Å²) in [6.07, 6.45) is 6.18. The lowest BCUT2D eigenvalue weighted by molar-refractivity contribution is 0.251. The fourth-order valence-corrected chi connectivity index (χ4v) is 1.45. The summed E-state index contributed by atoms with van der Waals surface area (Å²) < 4.78 is 0. The minimum absolute atomic E-state index is 0.223. The topological polar surface area (TPSA) is 23.5 Å². The van der Waals surface area contributed by atoms with Crippen LogP contribution in [0.5, 0.6) is 0 Å². The van der Waals surface area contributed by atoms with Crippen molar-refractivity contribution in [3.8, 4) is 0 Å². The fourth-order valence-electron chi connectivity index (χ4n) is 1.45. The highest BCUT2D eigenvalue weighted by atomic mass is 16.3. The second kappa shape index (κ2) is 3.87. The molecule has 0 aliphatic heterocycles. The van der Waals surface area contributed by atoms with Crippen molar-refractivity contribution < 1.29 is 5.11 Å². The van der Waals surface area contributed by atoms with Gasteiger partial charge in [-0.05, 0) is 26.6 Å². The van der Waals surface area contributed by atoms with Crippen molar-refractivity contribution in [3.05, 3.63) is 23.8 Å². The number of rotatable bonds is 3. The molecule has 68 valence electrons. The van der Waals surface area contributed by atoms with E-state index in [0.29, 0.717) is 6.04 Å². The van der Waals surface area contributed by atoms with E-state index in [1.165, 1.54) is 5.57 Å². The Morgan fingerprint density at radius 3 is 2.75 bits per heavy atom. The molecule has 1 unspecified atom stereocenters. The minimum atomic E-state index is 0.223. The SMILES string of the molecule is C[C@H](C1=CC=CC1CO)N(C)C. The van der Waals surface area contributed by atoms with Crippen molar-refractivity contribution in [2.24, 2.45) is 5.92 Å². The van der Waals surface area contributed by atoms with E-state index in [1.807, 2.05) is 6.08 Å². The van der Waals surface area contributed by atoms with Gasteiger partial charge < -0.3 is 10.0 Å². The molecule has 1 N–H and O–H groups in total. The lowest BCUT2D eigenvalue weighted by atomic mass is 9.97. The number of aliphatic hydroxyl groups is 1. The summed E-state index contributed by atoms with van der Waals surface area (Å²) in [5.74, 6) is 0.238. The van der Waals surface area contributed by atoms with Crippen molar-refractivity contribution in [2.45, 2.75) is 13.0 Å². The first kappa shape index (κ1) is 9.49. The normalized spacial score (nSPS) is 24.8. The molecule has 0 spiro atoms. The van der Waals surface area contributed by atoms with Crippen LogP contribution in [0.4, 0.5) is 0 Å². The molecule has 0 saturated heterocycles. The van der Waals surface area contributed by atoms with Gasteiger partial charge in [0, 0.05) is 12.0 Å². The second-order valence-electron chi connectivity index (χ2n) is 3.48. The van der Waals surface area contributed by atoms with E-state index >= 15 is 0 Å². The van der Waals surface area contributed by atoms with Gasteiger partial charge in [-0.1, -0.05) is 18.2 Å². The van der Waals surface area contributed by atoms with Crippen LogP contribution in [0.25, 0.3) is 0 Å². The third-order valence-corrected chi connectivity index (χ3v) is 2.51. The number of likely N-dealkylation sites (N-methyl/N-ethyl adjacent to an activating group) is 1. The molecule has 2 nitrogen and oxygen atoms in total. The molecule has 0 heterocycles. The van der Waals surface area contributed by atoms with E-state index in [9.17, 15) is 0 Å². The average molecular weight is 167 g/mol. The molecule has 0 aromatic heterocycles. The lowest BCUT2D eigenvalue weighted by Crippen LogP contribution is -2.29. The average Bonchev–Trinajstić information content (AvgIpc) is 2.49. The fraction of sp³-hybridized carbons (Fsp3) is 0.600. The van der Waals surface area contributed by atoms with Crippen molar-refractivity contribution >= 4 is 0 Å². The van der Waals surface area contributed by atoms with E-state index in [1.54, 1.807) is 0 Å². The van der Waals surface area contributed by atoms with Gasteiger partial charge in [0.25, 0.3) is 0 Å². The molecule has 2 atom stereocenters. The van der Waals surface area contributed by atoms with E-state index in [4.69, 9.17) is 5.11 Å². The van der Waals surface area contributed by atoms with Gasteiger partial charge in [0.2, 0.25) is 0 Å². The molecule has 0 amide bonds. The zero-order chi connectivity index (χ0) is 9.14. The molecule has 12 heavy (non-hydrogen) atoms. The molecule has 0 bridgehead atoms. The summed E-state index contributed by atoms with van der Waals surface area (Å²) in [4.78, 5) is 2.15. The lowest BCUT2D eigenvalue weighted by Gasteiger charge is -2.24. The predicted molar refractivity (Wildman–Crippen MR) is 50.9 cm³/mol. The van der Waals surface area contributed by atoms with Crippen LogP contribution in [-0.4, -0.2) is 36.8 Å².